The van der Waals surface area contributed by atoms with Crippen LogP contribution in [0.25, 0.3) is 0 Å². The van der Waals surface area contributed by atoms with Gasteiger partial charge in [-0.15, -0.1) is 0 Å². The third-order valence-corrected chi connectivity index (χ3v) is 4.11. The van der Waals surface area contributed by atoms with Crippen LogP contribution in [-0.2, 0) is 4.74 Å². The Bertz CT molecular complexity index is 684. The fourth-order valence-corrected chi connectivity index (χ4v) is 3.06. The van der Waals surface area contributed by atoms with E-state index in [0.29, 0.717) is 24.0 Å². The molecule has 1 aliphatic heterocycles. The van der Waals surface area contributed by atoms with Gasteiger partial charge in [0, 0.05) is 19.3 Å². The lowest BCUT2D eigenvalue weighted by Gasteiger charge is -2.24. The van der Waals surface area contributed by atoms with Gasteiger partial charge in [0.2, 0.25) is 0 Å². The van der Waals surface area contributed by atoms with Crippen LogP contribution in [0.4, 0.5) is 4.79 Å². The van der Waals surface area contributed by atoms with Crippen molar-refractivity contribution in [2.75, 3.05) is 13.1 Å². The smallest absolute Gasteiger partial charge is 0.410 e. The number of halogens is 1. The second kappa shape index (κ2) is 6.24. The SMILES string of the molecule is CC(C)(C)OC(=O)N1CCC(n2cc(Br)c(C#N)c2C(=O)O)C1. The van der Waals surface area contributed by atoms with Crippen LogP contribution in [0.1, 0.15) is 49.3 Å². The molecule has 124 valence electrons. The lowest BCUT2D eigenvalue weighted by Crippen LogP contribution is -2.35. The van der Waals surface area contributed by atoms with Crippen LogP contribution in [0, 0.1) is 11.3 Å². The first-order chi connectivity index (χ1) is 10.6. The van der Waals surface area contributed by atoms with Gasteiger partial charge >= 0.3 is 12.1 Å². The summed E-state index contributed by atoms with van der Waals surface area (Å²) in [4.78, 5) is 25.1. The first-order valence-corrected chi connectivity index (χ1v) is 7.95. The van der Waals surface area contributed by atoms with E-state index in [9.17, 15) is 14.7 Å². The number of carboxylic acids is 1. The Morgan fingerprint density at radius 3 is 2.65 bits per heavy atom. The van der Waals surface area contributed by atoms with Gasteiger partial charge in [0.15, 0.2) is 0 Å². The minimum Gasteiger partial charge on any atom is -0.477 e. The van der Waals surface area contributed by atoms with Gasteiger partial charge in [-0.05, 0) is 43.1 Å². The fraction of sp³-hybridized carbons (Fsp3) is 0.533. The standard InChI is InChI=1S/C15H18BrN3O4/c1-15(2,3)23-14(22)18-5-4-9(7-18)19-8-11(16)10(6-17)12(19)13(20)21/h8-9H,4-5,7H2,1-3H3,(H,20,21). The summed E-state index contributed by atoms with van der Waals surface area (Å²) in [5, 5.41) is 18.5. The molecular formula is C15H18BrN3O4. The average molecular weight is 384 g/mol. The number of amides is 1. The summed E-state index contributed by atoms with van der Waals surface area (Å²) in [5.74, 6) is -1.16. The number of rotatable bonds is 2. The number of aromatic nitrogens is 1. The highest BCUT2D eigenvalue weighted by Gasteiger charge is 2.33. The molecule has 1 N–H and O–H groups in total. The third kappa shape index (κ3) is 3.67. The number of nitrogens with zero attached hydrogens (tertiary/aromatic N) is 3. The first-order valence-electron chi connectivity index (χ1n) is 7.15. The Morgan fingerprint density at radius 2 is 2.13 bits per heavy atom. The van der Waals surface area contributed by atoms with Crippen LogP contribution in [0.5, 0.6) is 0 Å². The number of aromatic carboxylic acids is 1. The van der Waals surface area contributed by atoms with E-state index < -0.39 is 17.7 Å². The molecule has 0 radical (unpaired) electrons. The van der Waals surface area contributed by atoms with Crippen molar-refractivity contribution in [2.45, 2.75) is 38.8 Å². The number of carbonyl (C=O) groups is 2. The van der Waals surface area contributed by atoms with Crippen molar-refractivity contribution in [2.24, 2.45) is 0 Å². The Hall–Kier alpha value is -2.01. The molecule has 1 fully saturated rings. The zero-order valence-electron chi connectivity index (χ0n) is 13.2. The quantitative estimate of drug-likeness (QED) is 0.846. The maximum absolute atomic E-state index is 12.1. The van der Waals surface area contributed by atoms with Crippen LogP contribution in [0.2, 0.25) is 0 Å². The molecule has 1 unspecified atom stereocenters. The van der Waals surface area contributed by atoms with Gasteiger partial charge in [-0.1, -0.05) is 0 Å². The van der Waals surface area contributed by atoms with E-state index in [4.69, 9.17) is 10.00 Å². The molecule has 2 rings (SSSR count). The molecule has 7 nitrogen and oxygen atoms in total. The summed E-state index contributed by atoms with van der Waals surface area (Å²) in [6.45, 7) is 6.22. The van der Waals surface area contributed by atoms with Crippen molar-refractivity contribution in [3.63, 3.8) is 0 Å². The van der Waals surface area contributed by atoms with Gasteiger partial charge in [-0.25, -0.2) is 9.59 Å². The summed E-state index contributed by atoms with van der Waals surface area (Å²) in [7, 11) is 0. The number of ether oxygens (including phenoxy) is 1. The summed E-state index contributed by atoms with van der Waals surface area (Å²) in [5.41, 5.74) is -0.546. The van der Waals surface area contributed by atoms with Gasteiger partial charge < -0.3 is 19.3 Å². The van der Waals surface area contributed by atoms with E-state index in [-0.39, 0.29) is 17.3 Å². The van der Waals surface area contributed by atoms with E-state index >= 15 is 0 Å². The summed E-state index contributed by atoms with van der Waals surface area (Å²) in [6.07, 6.45) is 1.78. The Balaban J connectivity index is 2.22. The molecule has 1 amide bonds. The van der Waals surface area contributed by atoms with Crippen molar-refractivity contribution in [3.05, 3.63) is 21.9 Å². The molecule has 8 heteroatoms. The zero-order valence-corrected chi connectivity index (χ0v) is 14.8. The highest BCUT2D eigenvalue weighted by molar-refractivity contribution is 9.10. The maximum Gasteiger partial charge on any atom is 0.410 e. The highest BCUT2D eigenvalue weighted by Crippen LogP contribution is 2.30. The predicted octanol–water partition coefficient (Wildman–Crippen LogP) is 3.00. The maximum atomic E-state index is 12.1. The minimum absolute atomic E-state index is 0.0598. The monoisotopic (exact) mass is 383 g/mol. The number of carbonyl (C=O) groups excluding carboxylic acids is 1. The number of carboxylic acid groups (broad SMARTS) is 1. The lowest BCUT2D eigenvalue weighted by atomic mass is 10.2. The molecule has 0 bridgehead atoms. The molecule has 0 aromatic carbocycles. The fourth-order valence-electron chi connectivity index (χ4n) is 2.57. The molecule has 2 heterocycles. The van der Waals surface area contributed by atoms with Crippen LogP contribution >= 0.6 is 15.9 Å². The molecular weight excluding hydrogens is 366 g/mol. The van der Waals surface area contributed by atoms with E-state index in [1.54, 1.807) is 36.4 Å². The Kier molecular flexibility index (Phi) is 4.71. The molecule has 23 heavy (non-hydrogen) atoms. The summed E-state index contributed by atoms with van der Waals surface area (Å²) >= 11 is 3.22. The number of likely N-dealkylation sites (tertiary alicyclic amines) is 1. The Morgan fingerprint density at radius 1 is 1.48 bits per heavy atom. The molecule has 1 aromatic rings. The van der Waals surface area contributed by atoms with Crippen LogP contribution < -0.4 is 0 Å². The number of nitriles is 1. The molecule has 0 saturated carbocycles. The molecule has 0 spiro atoms. The first kappa shape index (κ1) is 17.3. The van der Waals surface area contributed by atoms with Crippen LogP contribution in [0.15, 0.2) is 10.7 Å². The van der Waals surface area contributed by atoms with Gasteiger partial charge in [0.25, 0.3) is 0 Å². The van der Waals surface area contributed by atoms with E-state index in [0.717, 1.165) is 0 Å². The van der Waals surface area contributed by atoms with Crippen molar-refractivity contribution >= 4 is 28.0 Å². The summed E-state index contributed by atoms with van der Waals surface area (Å²) in [6, 6.07) is 1.70. The molecule has 1 aromatic heterocycles. The van der Waals surface area contributed by atoms with Crippen molar-refractivity contribution in [1.82, 2.24) is 9.47 Å². The van der Waals surface area contributed by atoms with Crippen LogP contribution in [0.3, 0.4) is 0 Å². The Labute approximate surface area is 142 Å². The van der Waals surface area contributed by atoms with E-state index in [1.807, 2.05) is 6.07 Å². The second-order valence-electron chi connectivity index (χ2n) is 6.39. The normalized spacial score (nSPS) is 17.9. The van der Waals surface area contributed by atoms with E-state index in [2.05, 4.69) is 15.9 Å². The zero-order chi connectivity index (χ0) is 17.4. The van der Waals surface area contributed by atoms with Gasteiger partial charge in [-0.3, -0.25) is 0 Å². The summed E-state index contributed by atoms with van der Waals surface area (Å²) < 4.78 is 7.32. The van der Waals surface area contributed by atoms with Gasteiger partial charge in [0.05, 0.1) is 16.1 Å². The third-order valence-electron chi connectivity index (χ3n) is 3.51. The predicted molar refractivity (Wildman–Crippen MR) is 85.3 cm³/mol. The topological polar surface area (TPSA) is 95.6 Å². The van der Waals surface area contributed by atoms with Crippen LogP contribution in [-0.4, -0.2) is 45.3 Å². The minimum atomic E-state index is -1.16. The van der Waals surface area contributed by atoms with Crippen molar-refractivity contribution in [1.29, 1.82) is 5.26 Å². The second-order valence-corrected chi connectivity index (χ2v) is 7.25. The number of hydrogen-bond donors (Lipinski definition) is 1. The van der Waals surface area contributed by atoms with Crippen molar-refractivity contribution < 1.29 is 19.4 Å². The largest absolute Gasteiger partial charge is 0.477 e. The molecule has 0 aliphatic carbocycles. The van der Waals surface area contributed by atoms with Crippen molar-refractivity contribution in [3.8, 4) is 6.07 Å². The molecule has 1 atom stereocenters. The number of hydrogen-bond acceptors (Lipinski definition) is 4. The molecule has 1 saturated heterocycles. The van der Waals surface area contributed by atoms with E-state index in [1.165, 1.54) is 0 Å². The molecule has 1 aliphatic rings. The average Bonchev–Trinajstić information content (AvgIpc) is 3.00. The van der Waals surface area contributed by atoms with Gasteiger partial charge in [0.1, 0.15) is 17.4 Å². The van der Waals surface area contributed by atoms with Gasteiger partial charge in [-0.2, -0.15) is 5.26 Å². The lowest BCUT2D eigenvalue weighted by molar-refractivity contribution is 0.0289. The highest BCUT2D eigenvalue weighted by atomic mass is 79.9.